The first-order valence-corrected chi connectivity index (χ1v) is 6.84. The van der Waals surface area contributed by atoms with E-state index in [4.69, 9.17) is 0 Å². The Hall–Kier alpha value is -1.10. The minimum Gasteiger partial charge on any atom is -0.480 e. The van der Waals surface area contributed by atoms with Gasteiger partial charge in [-0.25, -0.2) is 4.79 Å². The summed E-state index contributed by atoms with van der Waals surface area (Å²) in [6, 6.07) is -0.185. The molecule has 0 saturated carbocycles. The van der Waals surface area contributed by atoms with Gasteiger partial charge in [-0.1, -0.05) is 6.42 Å². The summed E-state index contributed by atoms with van der Waals surface area (Å²) in [7, 11) is 0. The number of carboxylic acids is 1. The van der Waals surface area contributed by atoms with E-state index in [1.54, 1.807) is 11.8 Å². The van der Waals surface area contributed by atoms with Crippen molar-refractivity contribution in [1.29, 1.82) is 0 Å². The van der Waals surface area contributed by atoms with Crippen molar-refractivity contribution in [3.8, 4) is 0 Å². The molecule has 1 amide bonds. The number of carbonyl (C=O) groups excluding carboxylic acids is 1. The Morgan fingerprint density at radius 2 is 2.06 bits per heavy atom. The molecule has 0 aliphatic carbocycles. The highest BCUT2D eigenvalue weighted by molar-refractivity contribution is 5.89. The normalized spacial score (nSPS) is 33.2. The molecule has 0 spiro atoms. The SMILES string of the molecule is CC1(C(=O)O)CCCCN1C(=O)[C@H]1CCCCN1. The lowest BCUT2D eigenvalue weighted by Gasteiger charge is -2.43. The van der Waals surface area contributed by atoms with E-state index in [-0.39, 0.29) is 11.9 Å². The number of likely N-dealkylation sites (tertiary alicyclic amines) is 1. The van der Waals surface area contributed by atoms with Crippen molar-refractivity contribution in [1.82, 2.24) is 10.2 Å². The van der Waals surface area contributed by atoms with Gasteiger partial charge in [0, 0.05) is 6.54 Å². The van der Waals surface area contributed by atoms with Gasteiger partial charge in [0.05, 0.1) is 6.04 Å². The third-order valence-electron chi connectivity index (χ3n) is 4.23. The molecular weight excluding hydrogens is 232 g/mol. The number of rotatable bonds is 2. The van der Waals surface area contributed by atoms with Crippen molar-refractivity contribution < 1.29 is 14.7 Å². The molecule has 5 heteroatoms. The topological polar surface area (TPSA) is 69.6 Å². The first-order chi connectivity index (χ1) is 8.55. The van der Waals surface area contributed by atoms with E-state index in [1.807, 2.05) is 0 Å². The highest BCUT2D eigenvalue weighted by atomic mass is 16.4. The van der Waals surface area contributed by atoms with E-state index in [2.05, 4.69) is 5.32 Å². The quantitative estimate of drug-likeness (QED) is 0.771. The third kappa shape index (κ3) is 2.36. The van der Waals surface area contributed by atoms with Crippen LogP contribution in [0.4, 0.5) is 0 Å². The standard InChI is InChI=1S/C13H22N2O3/c1-13(12(17)18)7-3-5-9-15(13)11(16)10-6-2-4-8-14-10/h10,14H,2-9H2,1H3,(H,17,18)/t10-,13?/m1/s1. The molecule has 2 fully saturated rings. The molecular formula is C13H22N2O3. The first-order valence-electron chi connectivity index (χ1n) is 6.84. The van der Waals surface area contributed by atoms with E-state index in [9.17, 15) is 14.7 Å². The van der Waals surface area contributed by atoms with Gasteiger partial charge in [0.15, 0.2) is 0 Å². The smallest absolute Gasteiger partial charge is 0.329 e. The molecule has 2 aliphatic heterocycles. The molecule has 2 rings (SSSR count). The van der Waals surface area contributed by atoms with Crippen LogP contribution in [0.3, 0.4) is 0 Å². The Kier molecular flexibility index (Phi) is 3.90. The minimum absolute atomic E-state index is 0.0284. The second-order valence-corrected chi connectivity index (χ2v) is 5.53. The fraction of sp³-hybridized carbons (Fsp3) is 0.846. The summed E-state index contributed by atoms with van der Waals surface area (Å²) in [6.07, 6.45) is 5.30. The Labute approximate surface area is 108 Å². The molecule has 0 radical (unpaired) electrons. The van der Waals surface area contributed by atoms with Crippen LogP contribution in [0, 0.1) is 0 Å². The van der Waals surface area contributed by atoms with E-state index < -0.39 is 11.5 Å². The molecule has 0 aromatic heterocycles. The number of hydrogen-bond donors (Lipinski definition) is 2. The lowest BCUT2D eigenvalue weighted by molar-refractivity contribution is -0.162. The van der Waals surface area contributed by atoms with Gasteiger partial charge in [0.1, 0.15) is 5.54 Å². The molecule has 5 nitrogen and oxygen atoms in total. The Bertz CT molecular complexity index is 339. The molecule has 0 aromatic carbocycles. The number of nitrogens with zero attached hydrogens (tertiary/aromatic N) is 1. The van der Waals surface area contributed by atoms with Gasteiger partial charge in [0.25, 0.3) is 0 Å². The van der Waals surface area contributed by atoms with Crippen LogP contribution in [0.5, 0.6) is 0 Å². The summed E-state index contributed by atoms with van der Waals surface area (Å²) in [4.78, 5) is 25.5. The summed E-state index contributed by atoms with van der Waals surface area (Å²) in [6.45, 7) is 3.10. The lowest BCUT2D eigenvalue weighted by Crippen LogP contribution is -2.61. The zero-order valence-corrected chi connectivity index (χ0v) is 10.9. The van der Waals surface area contributed by atoms with Crippen LogP contribution in [0.25, 0.3) is 0 Å². The Morgan fingerprint density at radius 3 is 2.67 bits per heavy atom. The average Bonchev–Trinajstić information content (AvgIpc) is 2.39. The van der Waals surface area contributed by atoms with Gasteiger partial charge in [-0.15, -0.1) is 0 Å². The van der Waals surface area contributed by atoms with Gasteiger partial charge in [-0.05, 0) is 45.6 Å². The van der Waals surface area contributed by atoms with Crippen LogP contribution >= 0.6 is 0 Å². The maximum Gasteiger partial charge on any atom is 0.329 e. The van der Waals surface area contributed by atoms with Gasteiger partial charge in [0.2, 0.25) is 5.91 Å². The van der Waals surface area contributed by atoms with E-state index in [0.29, 0.717) is 13.0 Å². The highest BCUT2D eigenvalue weighted by Gasteiger charge is 2.45. The van der Waals surface area contributed by atoms with E-state index >= 15 is 0 Å². The third-order valence-corrected chi connectivity index (χ3v) is 4.23. The number of hydrogen-bond acceptors (Lipinski definition) is 3. The van der Waals surface area contributed by atoms with Gasteiger partial charge < -0.3 is 15.3 Å². The fourth-order valence-electron chi connectivity index (χ4n) is 2.95. The van der Waals surface area contributed by atoms with E-state index in [0.717, 1.165) is 38.6 Å². The summed E-state index contributed by atoms with van der Waals surface area (Å²) in [5.41, 5.74) is -1.02. The summed E-state index contributed by atoms with van der Waals surface area (Å²) in [5.74, 6) is -0.911. The number of carboxylic acid groups (broad SMARTS) is 1. The van der Waals surface area contributed by atoms with E-state index in [1.165, 1.54) is 0 Å². The van der Waals surface area contributed by atoms with Crippen molar-refractivity contribution >= 4 is 11.9 Å². The maximum absolute atomic E-state index is 12.5. The molecule has 102 valence electrons. The van der Waals surface area contributed by atoms with Gasteiger partial charge in [-0.3, -0.25) is 4.79 Å². The second kappa shape index (κ2) is 5.26. The van der Waals surface area contributed by atoms with Crippen LogP contribution in [-0.2, 0) is 9.59 Å². The summed E-state index contributed by atoms with van der Waals surface area (Å²) in [5, 5.41) is 12.6. The molecule has 2 saturated heterocycles. The fourth-order valence-corrected chi connectivity index (χ4v) is 2.95. The Balaban J connectivity index is 2.13. The molecule has 2 N–H and O–H groups in total. The number of amides is 1. The molecule has 18 heavy (non-hydrogen) atoms. The van der Waals surface area contributed by atoms with Crippen LogP contribution < -0.4 is 5.32 Å². The number of carbonyl (C=O) groups is 2. The average molecular weight is 254 g/mol. The number of aliphatic carboxylic acids is 1. The summed E-state index contributed by atoms with van der Waals surface area (Å²) < 4.78 is 0. The van der Waals surface area contributed by atoms with Crippen molar-refractivity contribution in [3.63, 3.8) is 0 Å². The molecule has 2 heterocycles. The van der Waals surface area contributed by atoms with Gasteiger partial charge >= 0.3 is 5.97 Å². The lowest BCUT2D eigenvalue weighted by atomic mass is 9.87. The first kappa shape index (κ1) is 13.3. The monoisotopic (exact) mass is 254 g/mol. The van der Waals surface area contributed by atoms with Crippen LogP contribution in [-0.4, -0.2) is 46.6 Å². The maximum atomic E-state index is 12.5. The predicted octanol–water partition coefficient (Wildman–Crippen LogP) is 0.984. The number of piperidine rings is 2. The molecule has 2 aliphatic rings. The zero-order valence-electron chi connectivity index (χ0n) is 10.9. The Morgan fingerprint density at radius 1 is 1.28 bits per heavy atom. The van der Waals surface area contributed by atoms with Crippen molar-refractivity contribution in [2.45, 2.75) is 57.0 Å². The zero-order chi connectivity index (χ0) is 13.2. The highest BCUT2D eigenvalue weighted by Crippen LogP contribution is 2.29. The van der Waals surface area contributed by atoms with Crippen LogP contribution in [0.15, 0.2) is 0 Å². The minimum atomic E-state index is -1.02. The van der Waals surface area contributed by atoms with Crippen molar-refractivity contribution in [3.05, 3.63) is 0 Å². The number of nitrogens with one attached hydrogen (secondary N) is 1. The predicted molar refractivity (Wildman–Crippen MR) is 67.2 cm³/mol. The molecule has 2 atom stereocenters. The molecule has 1 unspecified atom stereocenters. The molecule has 0 aromatic rings. The van der Waals surface area contributed by atoms with Crippen molar-refractivity contribution in [2.75, 3.05) is 13.1 Å². The van der Waals surface area contributed by atoms with Crippen LogP contribution in [0.1, 0.15) is 45.4 Å². The van der Waals surface area contributed by atoms with Crippen LogP contribution in [0.2, 0.25) is 0 Å². The van der Waals surface area contributed by atoms with Crippen molar-refractivity contribution in [2.24, 2.45) is 0 Å². The molecule has 0 bridgehead atoms. The van der Waals surface area contributed by atoms with Gasteiger partial charge in [-0.2, -0.15) is 0 Å². The second-order valence-electron chi connectivity index (χ2n) is 5.53. The largest absolute Gasteiger partial charge is 0.480 e. The summed E-state index contributed by atoms with van der Waals surface area (Å²) >= 11 is 0.